The highest BCUT2D eigenvalue weighted by molar-refractivity contribution is 5.82. The number of ether oxygens (including phenoxy) is 1. The molecule has 0 fully saturated rings. The Morgan fingerprint density at radius 3 is 2.80 bits per heavy atom. The molecule has 0 saturated heterocycles. The summed E-state index contributed by atoms with van der Waals surface area (Å²) in [7, 11) is 0. The smallest absolute Gasteiger partial charge is 0.134 e. The van der Waals surface area contributed by atoms with Crippen molar-refractivity contribution in [3.63, 3.8) is 0 Å². The summed E-state index contributed by atoms with van der Waals surface area (Å²) in [6.45, 7) is 7.79. The first-order valence-corrected chi connectivity index (χ1v) is 7.58. The molecule has 0 saturated carbocycles. The molecular formula is C17H25NO2. The van der Waals surface area contributed by atoms with E-state index < -0.39 is 0 Å². The van der Waals surface area contributed by atoms with Gasteiger partial charge in [0.05, 0.1) is 0 Å². The van der Waals surface area contributed by atoms with E-state index in [9.17, 15) is 0 Å². The number of benzene rings is 1. The van der Waals surface area contributed by atoms with Crippen molar-refractivity contribution in [2.75, 3.05) is 19.8 Å². The third-order valence-electron chi connectivity index (χ3n) is 3.49. The summed E-state index contributed by atoms with van der Waals surface area (Å²) in [5, 5.41) is 4.69. The molecule has 1 aromatic carbocycles. The van der Waals surface area contributed by atoms with Crippen molar-refractivity contribution in [3.05, 3.63) is 35.6 Å². The summed E-state index contributed by atoms with van der Waals surface area (Å²) < 4.78 is 11.3. The third-order valence-corrected chi connectivity index (χ3v) is 3.49. The van der Waals surface area contributed by atoms with Crippen LogP contribution in [-0.4, -0.2) is 19.8 Å². The van der Waals surface area contributed by atoms with Crippen LogP contribution in [0.5, 0.6) is 0 Å². The number of nitrogens with one attached hydrogen (secondary N) is 1. The van der Waals surface area contributed by atoms with Crippen LogP contribution in [0.1, 0.15) is 37.5 Å². The van der Waals surface area contributed by atoms with E-state index in [2.05, 4.69) is 24.4 Å². The Morgan fingerprint density at radius 2 is 1.95 bits per heavy atom. The van der Waals surface area contributed by atoms with E-state index in [1.54, 1.807) is 0 Å². The summed E-state index contributed by atoms with van der Waals surface area (Å²) >= 11 is 0. The minimum Gasteiger partial charge on any atom is -0.461 e. The van der Waals surface area contributed by atoms with Gasteiger partial charge in [-0.25, -0.2) is 0 Å². The molecule has 0 bridgehead atoms. The van der Waals surface area contributed by atoms with E-state index in [-0.39, 0.29) is 0 Å². The van der Waals surface area contributed by atoms with Crippen LogP contribution in [0.4, 0.5) is 0 Å². The first-order chi connectivity index (χ1) is 9.83. The van der Waals surface area contributed by atoms with Crippen molar-refractivity contribution in [1.29, 1.82) is 0 Å². The van der Waals surface area contributed by atoms with E-state index >= 15 is 0 Å². The van der Waals surface area contributed by atoms with Crippen molar-refractivity contribution in [3.8, 4) is 0 Å². The Morgan fingerprint density at radius 1 is 1.15 bits per heavy atom. The summed E-state index contributed by atoms with van der Waals surface area (Å²) in [5.41, 5.74) is 2.25. The van der Waals surface area contributed by atoms with Crippen LogP contribution in [0, 0.1) is 6.92 Å². The lowest BCUT2D eigenvalue weighted by Gasteiger charge is -2.05. The molecule has 3 nitrogen and oxygen atoms in total. The molecule has 0 amide bonds. The zero-order chi connectivity index (χ0) is 14.2. The Bertz CT molecular complexity index is 519. The minimum atomic E-state index is 0.845. The predicted molar refractivity (Wildman–Crippen MR) is 83.0 cm³/mol. The van der Waals surface area contributed by atoms with Crippen LogP contribution in [0.2, 0.25) is 0 Å². The SMILES string of the molecule is CCCCOCCCNCc1c(C)oc2ccccc12. The first-order valence-electron chi connectivity index (χ1n) is 7.58. The van der Waals surface area contributed by atoms with Gasteiger partial charge in [-0.15, -0.1) is 0 Å². The van der Waals surface area contributed by atoms with Crippen molar-refractivity contribution < 1.29 is 9.15 Å². The topological polar surface area (TPSA) is 34.4 Å². The molecule has 2 aromatic rings. The molecule has 1 N–H and O–H groups in total. The highest BCUT2D eigenvalue weighted by Gasteiger charge is 2.09. The fraction of sp³-hybridized carbons (Fsp3) is 0.529. The molecule has 3 heteroatoms. The minimum absolute atomic E-state index is 0.845. The van der Waals surface area contributed by atoms with Gasteiger partial charge in [-0.1, -0.05) is 31.5 Å². The highest BCUT2D eigenvalue weighted by Crippen LogP contribution is 2.24. The van der Waals surface area contributed by atoms with Crippen molar-refractivity contribution in [2.24, 2.45) is 0 Å². The Balaban J connectivity index is 1.72. The molecule has 0 spiro atoms. The number of hydrogen-bond acceptors (Lipinski definition) is 3. The molecule has 0 aliphatic carbocycles. The van der Waals surface area contributed by atoms with Crippen molar-refractivity contribution >= 4 is 11.0 Å². The molecule has 2 rings (SSSR count). The Kier molecular flexibility index (Phi) is 6.09. The Hall–Kier alpha value is -1.32. The maximum atomic E-state index is 5.76. The number of rotatable bonds is 9. The fourth-order valence-electron chi connectivity index (χ4n) is 2.30. The summed E-state index contributed by atoms with van der Waals surface area (Å²) in [6, 6.07) is 8.21. The molecule has 0 unspecified atom stereocenters. The van der Waals surface area contributed by atoms with Gasteiger partial charge in [0.2, 0.25) is 0 Å². The number of unbranched alkanes of at least 4 members (excludes halogenated alkanes) is 1. The molecule has 110 valence electrons. The molecular weight excluding hydrogens is 250 g/mol. The average molecular weight is 275 g/mol. The van der Waals surface area contributed by atoms with Crippen LogP contribution in [0.15, 0.2) is 28.7 Å². The molecule has 1 heterocycles. The highest BCUT2D eigenvalue weighted by atomic mass is 16.5. The normalized spacial score (nSPS) is 11.3. The van der Waals surface area contributed by atoms with Crippen LogP contribution in [-0.2, 0) is 11.3 Å². The van der Waals surface area contributed by atoms with Gasteiger partial charge >= 0.3 is 0 Å². The number of para-hydroxylation sites is 1. The van der Waals surface area contributed by atoms with Gasteiger partial charge in [0.1, 0.15) is 11.3 Å². The van der Waals surface area contributed by atoms with Crippen LogP contribution in [0.25, 0.3) is 11.0 Å². The lowest BCUT2D eigenvalue weighted by atomic mass is 10.1. The molecule has 0 aliphatic heterocycles. The zero-order valence-corrected chi connectivity index (χ0v) is 12.6. The monoisotopic (exact) mass is 275 g/mol. The molecule has 0 aliphatic rings. The van der Waals surface area contributed by atoms with Crippen molar-refractivity contribution in [1.82, 2.24) is 5.32 Å². The third kappa shape index (κ3) is 4.09. The fourth-order valence-corrected chi connectivity index (χ4v) is 2.30. The standard InChI is InChI=1S/C17H25NO2/c1-3-4-11-19-12-7-10-18-13-16-14(2)20-17-9-6-5-8-15(16)17/h5-6,8-9,18H,3-4,7,10-13H2,1-2H3. The molecule has 0 radical (unpaired) electrons. The first kappa shape index (κ1) is 15.1. The molecule has 0 atom stereocenters. The number of aryl methyl sites for hydroxylation is 1. The zero-order valence-electron chi connectivity index (χ0n) is 12.6. The number of hydrogen-bond donors (Lipinski definition) is 1. The van der Waals surface area contributed by atoms with Crippen LogP contribution < -0.4 is 5.32 Å². The van der Waals surface area contributed by atoms with Gasteiger partial charge in [0.15, 0.2) is 0 Å². The summed E-state index contributed by atoms with van der Waals surface area (Å²) in [4.78, 5) is 0. The van der Waals surface area contributed by atoms with Gasteiger partial charge in [-0.3, -0.25) is 0 Å². The van der Waals surface area contributed by atoms with Gasteiger partial charge in [-0.2, -0.15) is 0 Å². The van der Waals surface area contributed by atoms with Crippen molar-refractivity contribution in [2.45, 2.75) is 39.7 Å². The second-order valence-corrected chi connectivity index (χ2v) is 5.13. The maximum Gasteiger partial charge on any atom is 0.134 e. The quantitative estimate of drug-likeness (QED) is 0.701. The second-order valence-electron chi connectivity index (χ2n) is 5.13. The van der Waals surface area contributed by atoms with Crippen LogP contribution >= 0.6 is 0 Å². The Labute approximate surface area is 121 Å². The lowest BCUT2D eigenvalue weighted by molar-refractivity contribution is 0.129. The number of furan rings is 1. The largest absolute Gasteiger partial charge is 0.461 e. The van der Waals surface area contributed by atoms with E-state index in [1.165, 1.54) is 17.4 Å². The summed E-state index contributed by atoms with van der Waals surface area (Å²) in [5.74, 6) is 1.01. The van der Waals surface area contributed by atoms with Gasteiger partial charge in [-0.05, 0) is 32.4 Å². The second kappa shape index (κ2) is 8.08. The predicted octanol–water partition coefficient (Wildman–Crippen LogP) is 4.04. The van der Waals surface area contributed by atoms with Gasteiger partial charge in [0.25, 0.3) is 0 Å². The van der Waals surface area contributed by atoms with E-state index in [0.29, 0.717) is 0 Å². The van der Waals surface area contributed by atoms with Gasteiger partial charge in [0, 0.05) is 30.7 Å². The van der Waals surface area contributed by atoms with E-state index in [4.69, 9.17) is 9.15 Å². The van der Waals surface area contributed by atoms with E-state index in [1.807, 2.05) is 19.1 Å². The van der Waals surface area contributed by atoms with Gasteiger partial charge < -0.3 is 14.5 Å². The number of fused-ring (bicyclic) bond motifs is 1. The maximum absolute atomic E-state index is 5.76. The molecule has 20 heavy (non-hydrogen) atoms. The van der Waals surface area contributed by atoms with Crippen LogP contribution in [0.3, 0.4) is 0 Å². The lowest BCUT2D eigenvalue weighted by Crippen LogP contribution is -2.16. The average Bonchev–Trinajstić information content (AvgIpc) is 2.78. The summed E-state index contributed by atoms with van der Waals surface area (Å²) in [6.07, 6.45) is 3.41. The van der Waals surface area contributed by atoms with E-state index in [0.717, 1.165) is 50.5 Å². The molecule has 1 aromatic heterocycles.